The molecular formula is C10H8BrNO5. The van der Waals surface area contributed by atoms with Crippen molar-refractivity contribution in [2.75, 3.05) is 6.61 Å². The van der Waals surface area contributed by atoms with Crippen LogP contribution in [0, 0.1) is 10.1 Å². The first-order valence-electron chi connectivity index (χ1n) is 4.61. The Balaban J connectivity index is 3.32. The number of carbonyl (C=O) groups is 2. The molecule has 0 N–H and O–H groups in total. The summed E-state index contributed by atoms with van der Waals surface area (Å²) in [5.41, 5.74) is -0.452. The van der Waals surface area contributed by atoms with Crippen LogP contribution in [0.4, 0.5) is 5.69 Å². The summed E-state index contributed by atoms with van der Waals surface area (Å²) in [6, 6.07) is 2.39. The van der Waals surface area contributed by atoms with Gasteiger partial charge in [0, 0.05) is 0 Å². The number of carbonyl (C=O) groups excluding carboxylic acids is 2. The van der Waals surface area contributed by atoms with Crippen molar-refractivity contribution in [3.8, 4) is 0 Å². The molecule has 0 heterocycles. The van der Waals surface area contributed by atoms with Gasteiger partial charge in [0.2, 0.25) is 0 Å². The Morgan fingerprint density at radius 2 is 2.24 bits per heavy atom. The summed E-state index contributed by atoms with van der Waals surface area (Å²) < 4.78 is 4.80. The molecule has 0 bridgehead atoms. The predicted octanol–water partition coefficient (Wildman–Crippen LogP) is 2.35. The number of hydrogen-bond donors (Lipinski definition) is 0. The molecule has 0 fully saturated rings. The highest BCUT2D eigenvalue weighted by Gasteiger charge is 2.21. The van der Waals surface area contributed by atoms with Gasteiger partial charge < -0.3 is 4.74 Å². The monoisotopic (exact) mass is 301 g/mol. The van der Waals surface area contributed by atoms with Gasteiger partial charge in [0.1, 0.15) is 0 Å². The highest BCUT2D eigenvalue weighted by atomic mass is 79.9. The molecule has 0 radical (unpaired) electrons. The van der Waals surface area contributed by atoms with E-state index in [1.165, 1.54) is 6.07 Å². The first kappa shape index (κ1) is 13.3. The van der Waals surface area contributed by atoms with E-state index in [4.69, 9.17) is 4.74 Å². The van der Waals surface area contributed by atoms with Crippen molar-refractivity contribution < 1.29 is 19.2 Å². The van der Waals surface area contributed by atoms with Gasteiger partial charge in [0.25, 0.3) is 5.69 Å². The van der Waals surface area contributed by atoms with Crippen LogP contribution in [0.2, 0.25) is 0 Å². The molecule has 90 valence electrons. The van der Waals surface area contributed by atoms with E-state index in [2.05, 4.69) is 15.9 Å². The van der Waals surface area contributed by atoms with E-state index in [0.717, 1.165) is 6.07 Å². The van der Waals surface area contributed by atoms with Gasteiger partial charge in [-0.05, 0) is 35.0 Å². The predicted molar refractivity (Wildman–Crippen MR) is 62.1 cm³/mol. The smallest absolute Gasteiger partial charge is 0.338 e. The van der Waals surface area contributed by atoms with Crippen molar-refractivity contribution in [1.82, 2.24) is 0 Å². The summed E-state index contributed by atoms with van der Waals surface area (Å²) >= 11 is 2.95. The zero-order valence-electron chi connectivity index (χ0n) is 8.81. The van der Waals surface area contributed by atoms with E-state index in [1.807, 2.05) is 0 Å². The molecule has 0 aliphatic rings. The minimum Gasteiger partial charge on any atom is -0.462 e. The fourth-order valence-corrected chi connectivity index (χ4v) is 1.86. The van der Waals surface area contributed by atoms with Crippen molar-refractivity contribution in [1.29, 1.82) is 0 Å². The molecule has 6 nitrogen and oxygen atoms in total. The number of nitro benzene ring substituents is 1. The summed E-state index contributed by atoms with van der Waals surface area (Å²) in [5, 5.41) is 10.7. The molecule has 0 spiro atoms. The molecule has 0 unspecified atom stereocenters. The number of esters is 1. The van der Waals surface area contributed by atoms with Gasteiger partial charge in [-0.25, -0.2) is 4.79 Å². The van der Waals surface area contributed by atoms with Crippen LogP contribution < -0.4 is 0 Å². The quantitative estimate of drug-likeness (QED) is 0.369. The molecule has 1 rings (SSSR count). The van der Waals surface area contributed by atoms with Gasteiger partial charge in [0.05, 0.1) is 27.1 Å². The molecule has 0 atom stereocenters. The average Bonchev–Trinajstić information content (AvgIpc) is 2.27. The standard InChI is InChI=1S/C10H8BrNO5/c1-2-17-10(14)6-3-7(5-13)9(12(15)16)8(11)4-6/h3-5H,2H2,1H3. The Morgan fingerprint density at radius 3 is 2.71 bits per heavy atom. The molecule has 0 aliphatic carbocycles. The highest BCUT2D eigenvalue weighted by Crippen LogP contribution is 2.29. The number of ether oxygens (including phenoxy) is 1. The molecule has 1 aromatic rings. The van der Waals surface area contributed by atoms with E-state index in [1.54, 1.807) is 6.92 Å². The molecule has 17 heavy (non-hydrogen) atoms. The van der Waals surface area contributed by atoms with E-state index in [-0.39, 0.29) is 27.9 Å². The van der Waals surface area contributed by atoms with E-state index >= 15 is 0 Å². The van der Waals surface area contributed by atoms with Crippen molar-refractivity contribution in [3.05, 3.63) is 37.8 Å². The second-order valence-electron chi connectivity index (χ2n) is 2.99. The lowest BCUT2D eigenvalue weighted by Gasteiger charge is -2.04. The minimum atomic E-state index is -0.692. The first-order chi connectivity index (χ1) is 8.01. The van der Waals surface area contributed by atoms with E-state index in [9.17, 15) is 19.7 Å². The summed E-state index contributed by atoms with van der Waals surface area (Å²) in [4.78, 5) is 32.2. The van der Waals surface area contributed by atoms with Gasteiger partial charge in [-0.3, -0.25) is 14.9 Å². The summed E-state index contributed by atoms with van der Waals surface area (Å²) in [6.45, 7) is 1.82. The van der Waals surface area contributed by atoms with E-state index in [0.29, 0.717) is 6.29 Å². The number of halogens is 1. The summed E-state index contributed by atoms with van der Waals surface area (Å²) in [7, 11) is 0. The molecular weight excluding hydrogens is 294 g/mol. The highest BCUT2D eigenvalue weighted by molar-refractivity contribution is 9.10. The zero-order chi connectivity index (χ0) is 13.0. The molecule has 7 heteroatoms. The molecule has 0 amide bonds. The average molecular weight is 302 g/mol. The zero-order valence-corrected chi connectivity index (χ0v) is 10.4. The Morgan fingerprint density at radius 1 is 1.59 bits per heavy atom. The van der Waals surface area contributed by atoms with Gasteiger partial charge in [0.15, 0.2) is 6.29 Å². The first-order valence-corrected chi connectivity index (χ1v) is 5.40. The van der Waals surface area contributed by atoms with Crippen LogP contribution >= 0.6 is 15.9 Å². The third-order valence-corrected chi connectivity index (χ3v) is 2.52. The molecule has 0 saturated carbocycles. The van der Waals surface area contributed by atoms with Crippen molar-refractivity contribution in [2.45, 2.75) is 6.92 Å². The van der Waals surface area contributed by atoms with Crippen LogP contribution in [0.3, 0.4) is 0 Å². The number of hydrogen-bond acceptors (Lipinski definition) is 5. The minimum absolute atomic E-state index is 0.0650. The molecule has 0 saturated heterocycles. The molecule has 0 aromatic heterocycles. The molecule has 0 aliphatic heterocycles. The summed E-state index contributed by atoms with van der Waals surface area (Å²) in [6.07, 6.45) is 0.325. The van der Waals surface area contributed by atoms with Crippen LogP contribution in [0.15, 0.2) is 16.6 Å². The molecule has 1 aromatic carbocycles. The van der Waals surface area contributed by atoms with Crippen LogP contribution in [0.1, 0.15) is 27.6 Å². The second kappa shape index (κ2) is 5.53. The third kappa shape index (κ3) is 2.88. The normalized spacial score (nSPS) is 9.76. The van der Waals surface area contributed by atoms with Gasteiger partial charge in [-0.15, -0.1) is 0 Å². The van der Waals surface area contributed by atoms with E-state index < -0.39 is 10.9 Å². The fourth-order valence-electron chi connectivity index (χ4n) is 1.24. The SMILES string of the molecule is CCOC(=O)c1cc(Br)c([N+](=O)[O-])c(C=O)c1. The third-order valence-electron chi connectivity index (χ3n) is 1.91. The topological polar surface area (TPSA) is 86.5 Å². The van der Waals surface area contributed by atoms with Gasteiger partial charge in [-0.1, -0.05) is 0 Å². The number of nitrogens with zero attached hydrogens (tertiary/aromatic N) is 1. The maximum absolute atomic E-state index is 11.4. The lowest BCUT2D eigenvalue weighted by molar-refractivity contribution is -0.385. The number of aldehydes is 1. The maximum atomic E-state index is 11.4. The van der Waals surface area contributed by atoms with Gasteiger partial charge >= 0.3 is 5.97 Å². The van der Waals surface area contributed by atoms with Crippen LogP contribution in [0.25, 0.3) is 0 Å². The van der Waals surface area contributed by atoms with Crippen LogP contribution in [-0.2, 0) is 4.74 Å². The van der Waals surface area contributed by atoms with Crippen molar-refractivity contribution in [2.24, 2.45) is 0 Å². The summed E-state index contributed by atoms with van der Waals surface area (Å²) in [5.74, 6) is -0.633. The van der Waals surface area contributed by atoms with Crippen LogP contribution in [-0.4, -0.2) is 23.8 Å². The Kier molecular flexibility index (Phi) is 4.33. The van der Waals surface area contributed by atoms with Crippen molar-refractivity contribution in [3.63, 3.8) is 0 Å². The maximum Gasteiger partial charge on any atom is 0.338 e. The Bertz CT molecular complexity index is 486. The van der Waals surface area contributed by atoms with Gasteiger partial charge in [-0.2, -0.15) is 0 Å². The Hall–Kier alpha value is -1.76. The largest absolute Gasteiger partial charge is 0.462 e. The van der Waals surface area contributed by atoms with Crippen LogP contribution in [0.5, 0.6) is 0 Å². The lowest BCUT2D eigenvalue weighted by atomic mass is 10.1. The lowest BCUT2D eigenvalue weighted by Crippen LogP contribution is -2.07. The second-order valence-corrected chi connectivity index (χ2v) is 3.85. The number of nitro groups is 1. The fraction of sp³-hybridized carbons (Fsp3) is 0.200. The van der Waals surface area contributed by atoms with Crippen molar-refractivity contribution >= 4 is 33.9 Å². The number of rotatable bonds is 4. The number of benzene rings is 1. The Labute approximate surface area is 105 Å².